The molecule has 0 spiro atoms. The van der Waals surface area contributed by atoms with Gasteiger partial charge < -0.3 is 9.13 Å². The highest BCUT2D eigenvalue weighted by molar-refractivity contribution is 7.26. The predicted octanol–water partition coefficient (Wildman–Crippen LogP) is 13.8. The van der Waals surface area contributed by atoms with Crippen LogP contribution in [0.25, 0.3) is 106 Å². The number of aromatic nitrogens is 2. The van der Waals surface area contributed by atoms with E-state index >= 15 is 0 Å². The van der Waals surface area contributed by atoms with Crippen LogP contribution in [-0.4, -0.2) is 9.13 Å². The minimum Gasteiger partial charge on any atom is -0.309 e. The number of thiophene rings is 2. The van der Waals surface area contributed by atoms with Gasteiger partial charge in [0.2, 0.25) is 0 Å². The third-order valence-electron chi connectivity index (χ3n) is 11.9. The van der Waals surface area contributed by atoms with E-state index in [0.29, 0.717) is 33.5 Å². The molecule has 12 aromatic rings. The van der Waals surface area contributed by atoms with Crippen molar-refractivity contribution >= 4 is 107 Å². The van der Waals surface area contributed by atoms with Gasteiger partial charge >= 0.3 is 0 Å². The molecule has 0 N–H and O–H groups in total. The first-order valence-electron chi connectivity index (χ1n) is 19.2. The molecule has 0 saturated carbocycles. The van der Waals surface area contributed by atoms with Gasteiger partial charge in [-0.1, -0.05) is 66.7 Å². The molecule has 4 aromatic heterocycles. The van der Waals surface area contributed by atoms with Crippen molar-refractivity contribution in [2.75, 3.05) is 0 Å². The van der Waals surface area contributed by atoms with E-state index in [-0.39, 0.29) is 0 Å². The summed E-state index contributed by atoms with van der Waals surface area (Å²) in [7, 11) is 0. The third kappa shape index (κ3) is 4.69. The molecule has 0 fully saturated rings. The molecular formula is C52H24N6S2. The quantitative estimate of drug-likeness (QED) is 0.177. The number of nitrogens with zero attached hydrogens (tertiary/aromatic N) is 6. The van der Waals surface area contributed by atoms with Gasteiger partial charge in [-0.25, -0.2) is 0 Å². The Kier molecular flexibility index (Phi) is 7.13. The average molecular weight is 797 g/mol. The summed E-state index contributed by atoms with van der Waals surface area (Å²) >= 11 is 3.44. The number of nitriles is 4. The second-order valence-electron chi connectivity index (χ2n) is 14.9. The largest absolute Gasteiger partial charge is 0.309 e. The van der Waals surface area contributed by atoms with E-state index in [0.717, 1.165) is 75.0 Å². The highest BCUT2D eigenvalue weighted by atomic mass is 32.1. The molecule has 274 valence electrons. The minimum absolute atomic E-state index is 0.337. The minimum atomic E-state index is 0.337. The number of hydrogen-bond donors (Lipinski definition) is 0. The van der Waals surface area contributed by atoms with Crippen molar-refractivity contribution in [3.63, 3.8) is 0 Å². The molecular weight excluding hydrogens is 773 g/mol. The Morgan fingerprint density at radius 3 is 1.60 bits per heavy atom. The van der Waals surface area contributed by atoms with Crippen LogP contribution in [-0.2, 0) is 0 Å². The highest BCUT2D eigenvalue weighted by Crippen LogP contribution is 2.44. The van der Waals surface area contributed by atoms with Gasteiger partial charge in [0.05, 0.1) is 56.1 Å². The Hall–Kier alpha value is -8.24. The predicted molar refractivity (Wildman–Crippen MR) is 245 cm³/mol. The summed E-state index contributed by atoms with van der Waals surface area (Å²) in [5, 5.41) is 49.9. The Balaban J connectivity index is 1.03. The summed E-state index contributed by atoms with van der Waals surface area (Å²) in [4.78, 5) is 0. The molecule has 0 atom stereocenters. The lowest BCUT2D eigenvalue weighted by molar-refractivity contribution is 1.17. The van der Waals surface area contributed by atoms with Gasteiger partial charge in [-0.2, -0.15) is 21.0 Å². The van der Waals surface area contributed by atoms with Crippen LogP contribution in [0, 0.1) is 45.3 Å². The van der Waals surface area contributed by atoms with Crippen molar-refractivity contribution < 1.29 is 0 Å². The van der Waals surface area contributed by atoms with E-state index in [9.17, 15) is 21.0 Å². The molecule has 0 unspecified atom stereocenters. The molecule has 12 rings (SSSR count). The van der Waals surface area contributed by atoms with Crippen molar-refractivity contribution in [1.82, 2.24) is 9.13 Å². The molecule has 0 aliphatic rings. The lowest BCUT2D eigenvalue weighted by Crippen LogP contribution is -2.00. The molecule has 0 amide bonds. The number of fused-ring (bicyclic) bond motifs is 12. The van der Waals surface area contributed by atoms with Crippen LogP contribution in [0.15, 0.2) is 146 Å². The van der Waals surface area contributed by atoms with E-state index in [1.165, 1.54) is 20.2 Å². The van der Waals surface area contributed by atoms with Crippen LogP contribution in [0.3, 0.4) is 0 Å². The van der Waals surface area contributed by atoms with Crippen LogP contribution in [0.2, 0.25) is 0 Å². The molecule has 0 bridgehead atoms. The van der Waals surface area contributed by atoms with Crippen molar-refractivity contribution in [1.29, 1.82) is 21.0 Å². The zero-order chi connectivity index (χ0) is 40.2. The van der Waals surface area contributed by atoms with E-state index in [2.05, 4.69) is 124 Å². The molecule has 0 radical (unpaired) electrons. The maximum atomic E-state index is 10.8. The molecule has 8 aromatic carbocycles. The van der Waals surface area contributed by atoms with Gasteiger partial charge in [0.15, 0.2) is 0 Å². The highest BCUT2D eigenvalue weighted by Gasteiger charge is 2.21. The lowest BCUT2D eigenvalue weighted by Gasteiger charge is -2.14. The summed E-state index contributed by atoms with van der Waals surface area (Å²) in [6, 6.07) is 58.7. The van der Waals surface area contributed by atoms with Crippen LogP contribution >= 0.6 is 22.7 Å². The van der Waals surface area contributed by atoms with Crippen molar-refractivity contribution in [2.45, 2.75) is 0 Å². The smallest absolute Gasteiger partial charge is 0.101 e. The van der Waals surface area contributed by atoms with Gasteiger partial charge in [0.1, 0.15) is 18.2 Å². The zero-order valence-corrected chi connectivity index (χ0v) is 33.0. The number of para-hydroxylation sites is 2. The monoisotopic (exact) mass is 796 g/mol. The van der Waals surface area contributed by atoms with E-state index < -0.39 is 0 Å². The maximum absolute atomic E-state index is 10.8. The Labute approximate surface area is 349 Å². The molecule has 0 aliphatic carbocycles. The van der Waals surface area contributed by atoms with Crippen LogP contribution in [0.5, 0.6) is 0 Å². The summed E-state index contributed by atoms with van der Waals surface area (Å²) < 4.78 is 8.87. The summed E-state index contributed by atoms with van der Waals surface area (Å²) in [5.41, 5.74) is 8.71. The molecule has 0 saturated heterocycles. The third-order valence-corrected chi connectivity index (χ3v) is 14.1. The summed E-state index contributed by atoms with van der Waals surface area (Å²) in [6.07, 6.45) is 0. The average Bonchev–Trinajstić information content (AvgIpc) is 4.03. The Morgan fingerprint density at radius 1 is 0.350 bits per heavy atom. The fourth-order valence-corrected chi connectivity index (χ4v) is 11.5. The van der Waals surface area contributed by atoms with Crippen LogP contribution < -0.4 is 0 Å². The number of hydrogen-bond acceptors (Lipinski definition) is 6. The molecule has 4 heterocycles. The van der Waals surface area contributed by atoms with Gasteiger partial charge in [0, 0.05) is 73.1 Å². The summed E-state index contributed by atoms with van der Waals surface area (Å²) in [6.45, 7) is 0. The van der Waals surface area contributed by atoms with Crippen molar-refractivity contribution in [3.05, 3.63) is 168 Å². The van der Waals surface area contributed by atoms with Crippen LogP contribution in [0.4, 0.5) is 0 Å². The SMILES string of the molecule is N#Cc1ccc(-n2c3ccccc3c3cc4c(cc32)sc2cc(-c3cc(C#N)c(-n5c6ccccc6c6cc7c(cc65)sc5ccccc57)cc3C#N)ccc24)cc1C#N. The van der Waals surface area contributed by atoms with Gasteiger partial charge in [0.25, 0.3) is 0 Å². The molecule has 0 aliphatic heterocycles. The second-order valence-corrected chi connectivity index (χ2v) is 17.1. The summed E-state index contributed by atoms with van der Waals surface area (Å²) in [5.74, 6) is 0. The number of rotatable bonds is 3. The van der Waals surface area contributed by atoms with E-state index in [1.54, 1.807) is 34.8 Å². The normalized spacial score (nSPS) is 11.6. The fraction of sp³-hybridized carbons (Fsp3) is 0. The first kappa shape index (κ1) is 33.9. The first-order valence-corrected chi connectivity index (χ1v) is 20.9. The topological polar surface area (TPSA) is 105 Å². The molecule has 8 heteroatoms. The first-order chi connectivity index (χ1) is 29.5. The molecule has 60 heavy (non-hydrogen) atoms. The van der Waals surface area contributed by atoms with Crippen molar-refractivity contribution in [3.8, 4) is 46.8 Å². The fourth-order valence-electron chi connectivity index (χ4n) is 9.19. The Morgan fingerprint density at radius 2 is 0.917 bits per heavy atom. The Bertz CT molecular complexity index is 4070. The van der Waals surface area contributed by atoms with Gasteiger partial charge in [-0.3, -0.25) is 0 Å². The standard InChI is InChI=1S/C52H24N6S2/c53-25-30-13-15-34(17-31(30)26-54)57-44-10-4-1-7-35(44)40-21-43-38-16-14-29(20-50(38)60-52(43)23-47(40)57)39-18-33(28-56)46(19-32(39)27-55)58-45-11-5-2-8-36(45)41-22-42-37-9-3-6-12-49(37)59-51(42)24-48(41)58/h1-24H. The van der Waals surface area contributed by atoms with E-state index in [1.807, 2.05) is 42.5 Å². The van der Waals surface area contributed by atoms with Gasteiger partial charge in [-0.05, 0) is 84.4 Å². The van der Waals surface area contributed by atoms with Gasteiger partial charge in [-0.15, -0.1) is 22.7 Å². The van der Waals surface area contributed by atoms with Crippen molar-refractivity contribution in [2.24, 2.45) is 0 Å². The lowest BCUT2D eigenvalue weighted by atomic mass is 9.95. The maximum Gasteiger partial charge on any atom is 0.101 e. The van der Waals surface area contributed by atoms with Crippen LogP contribution in [0.1, 0.15) is 22.3 Å². The zero-order valence-electron chi connectivity index (χ0n) is 31.4. The second kappa shape index (κ2) is 12.6. The molecule has 6 nitrogen and oxygen atoms in total. The van der Waals surface area contributed by atoms with E-state index in [4.69, 9.17) is 0 Å². The number of benzene rings is 8.